The number of hydrogen-bond acceptors (Lipinski definition) is 3. The van der Waals surface area contributed by atoms with Crippen molar-refractivity contribution in [1.82, 2.24) is 15.0 Å². The van der Waals surface area contributed by atoms with Crippen LogP contribution in [0.15, 0.2) is 121 Å². The first kappa shape index (κ1) is 21.5. The Morgan fingerprint density at radius 1 is 0.421 bits per heavy atom. The maximum atomic E-state index is 6.49. The normalized spacial score (nSPS) is 13.6. The molecule has 0 saturated carbocycles. The molecule has 3 nitrogen and oxygen atoms in total. The maximum absolute atomic E-state index is 6.49. The summed E-state index contributed by atoms with van der Waals surface area (Å²) in [4.78, 5) is 14.0. The van der Waals surface area contributed by atoms with Crippen molar-refractivity contribution in [2.24, 2.45) is 0 Å². The van der Waals surface area contributed by atoms with Crippen molar-refractivity contribution < 1.29 is 0 Å². The summed E-state index contributed by atoms with van der Waals surface area (Å²) in [5.41, 5.74) is 11.5. The highest BCUT2D eigenvalue weighted by molar-refractivity contribution is 6.28. The predicted molar refractivity (Wildman–Crippen MR) is 152 cm³/mol. The zero-order valence-electron chi connectivity index (χ0n) is 20.3. The van der Waals surface area contributed by atoms with E-state index in [0.717, 1.165) is 16.7 Å². The number of hydrogen-bond donors (Lipinski definition) is 0. The van der Waals surface area contributed by atoms with Gasteiger partial charge in [0.15, 0.2) is 11.6 Å². The molecular formula is C34H20ClN3. The third-order valence-corrected chi connectivity index (χ3v) is 8.07. The Morgan fingerprint density at radius 2 is 0.921 bits per heavy atom. The van der Waals surface area contributed by atoms with Gasteiger partial charge in [0.2, 0.25) is 5.28 Å². The lowest BCUT2D eigenvalue weighted by Gasteiger charge is -2.30. The van der Waals surface area contributed by atoms with Crippen LogP contribution in [0.5, 0.6) is 0 Å². The topological polar surface area (TPSA) is 38.7 Å². The third-order valence-electron chi connectivity index (χ3n) is 7.90. The van der Waals surface area contributed by atoms with Crippen LogP contribution in [0.1, 0.15) is 22.3 Å². The van der Waals surface area contributed by atoms with E-state index < -0.39 is 5.41 Å². The number of aromatic nitrogens is 3. The Balaban J connectivity index is 1.47. The Morgan fingerprint density at radius 3 is 1.61 bits per heavy atom. The molecule has 178 valence electrons. The van der Waals surface area contributed by atoms with Crippen LogP contribution >= 0.6 is 11.6 Å². The number of benzene rings is 5. The summed E-state index contributed by atoms with van der Waals surface area (Å²) in [6, 6.07) is 42.7. The van der Waals surface area contributed by atoms with Crippen LogP contribution in [0.25, 0.3) is 45.0 Å². The average molecular weight is 506 g/mol. The fraction of sp³-hybridized carbons (Fsp3) is 0.0294. The van der Waals surface area contributed by atoms with E-state index in [-0.39, 0.29) is 5.28 Å². The second-order valence-corrected chi connectivity index (χ2v) is 10.1. The van der Waals surface area contributed by atoms with Crippen molar-refractivity contribution in [2.45, 2.75) is 5.41 Å². The number of nitrogens with zero attached hydrogens (tertiary/aromatic N) is 3. The summed E-state index contributed by atoms with van der Waals surface area (Å²) < 4.78 is 0. The van der Waals surface area contributed by atoms with Crippen molar-refractivity contribution in [1.29, 1.82) is 0 Å². The van der Waals surface area contributed by atoms with Crippen LogP contribution in [0, 0.1) is 0 Å². The number of halogens is 1. The van der Waals surface area contributed by atoms with Gasteiger partial charge in [0.05, 0.1) is 5.41 Å². The Kier molecular flexibility index (Phi) is 4.49. The first-order valence-corrected chi connectivity index (χ1v) is 13.0. The van der Waals surface area contributed by atoms with E-state index in [1.807, 2.05) is 30.3 Å². The highest BCUT2D eigenvalue weighted by Gasteiger charge is 2.52. The van der Waals surface area contributed by atoms with Crippen molar-refractivity contribution in [3.63, 3.8) is 0 Å². The van der Waals surface area contributed by atoms with E-state index in [4.69, 9.17) is 16.6 Å². The highest BCUT2D eigenvalue weighted by Crippen LogP contribution is 2.63. The van der Waals surface area contributed by atoms with Crippen LogP contribution in [0.2, 0.25) is 5.28 Å². The molecule has 0 radical (unpaired) electrons. The van der Waals surface area contributed by atoms with Gasteiger partial charge in [-0.25, -0.2) is 4.98 Å². The van der Waals surface area contributed by atoms with Crippen LogP contribution in [-0.2, 0) is 5.41 Å². The summed E-state index contributed by atoms with van der Waals surface area (Å²) in [6.07, 6.45) is 0. The van der Waals surface area contributed by atoms with Gasteiger partial charge in [-0.1, -0.05) is 121 Å². The Hall–Kier alpha value is -4.60. The lowest BCUT2D eigenvalue weighted by molar-refractivity contribution is 0.794. The van der Waals surface area contributed by atoms with Gasteiger partial charge in [-0.2, -0.15) is 9.97 Å². The van der Waals surface area contributed by atoms with Crippen molar-refractivity contribution in [3.05, 3.63) is 149 Å². The molecule has 0 saturated heterocycles. The van der Waals surface area contributed by atoms with Crippen LogP contribution in [0.3, 0.4) is 0 Å². The summed E-state index contributed by atoms with van der Waals surface area (Å²) in [5.74, 6) is 1.14. The zero-order valence-corrected chi connectivity index (χ0v) is 21.0. The Labute approximate surface area is 225 Å². The summed E-state index contributed by atoms with van der Waals surface area (Å²) in [7, 11) is 0. The van der Waals surface area contributed by atoms with Gasteiger partial charge < -0.3 is 0 Å². The van der Waals surface area contributed by atoms with Gasteiger partial charge in [-0.3, -0.25) is 0 Å². The molecule has 0 fully saturated rings. The molecule has 5 aromatic carbocycles. The zero-order chi connectivity index (χ0) is 25.3. The monoisotopic (exact) mass is 505 g/mol. The van der Waals surface area contributed by atoms with E-state index >= 15 is 0 Å². The van der Waals surface area contributed by atoms with E-state index in [1.165, 1.54) is 38.9 Å². The highest BCUT2D eigenvalue weighted by atomic mass is 35.5. The standard InChI is InChI=1S/C34H20ClN3/c35-33-37-31(21-11-2-1-3-12-21)36-32(38-33)25-16-10-20-29-30(25)24-15-6-9-19-28(24)34(29)26-17-7-4-13-22(26)23-14-5-8-18-27(23)34/h1-20H. The number of rotatable bonds is 2. The number of fused-ring (bicyclic) bond motifs is 10. The van der Waals surface area contributed by atoms with Gasteiger partial charge in [0.1, 0.15) is 0 Å². The quantitative estimate of drug-likeness (QED) is 0.237. The Bertz CT molecular complexity index is 1850. The largest absolute Gasteiger partial charge is 0.226 e. The van der Waals surface area contributed by atoms with Crippen LogP contribution < -0.4 is 0 Å². The molecule has 0 N–H and O–H groups in total. The summed E-state index contributed by atoms with van der Waals surface area (Å²) >= 11 is 6.49. The SMILES string of the molecule is Clc1nc(-c2ccccc2)nc(-c2cccc3c2-c2ccccc2C32c3ccccc3-c3ccccc32)n1. The van der Waals surface area contributed by atoms with E-state index in [1.54, 1.807) is 0 Å². The second-order valence-electron chi connectivity index (χ2n) is 9.73. The molecule has 0 atom stereocenters. The van der Waals surface area contributed by atoms with Gasteiger partial charge in [-0.05, 0) is 56.1 Å². The summed E-state index contributed by atoms with van der Waals surface area (Å²) in [6.45, 7) is 0. The molecule has 1 spiro atoms. The second kappa shape index (κ2) is 7.95. The molecule has 0 aliphatic heterocycles. The van der Waals surface area contributed by atoms with Gasteiger partial charge >= 0.3 is 0 Å². The van der Waals surface area contributed by atoms with Gasteiger partial charge in [0.25, 0.3) is 0 Å². The maximum Gasteiger partial charge on any atom is 0.226 e. The van der Waals surface area contributed by atoms with E-state index in [2.05, 4.69) is 101 Å². The van der Waals surface area contributed by atoms with Crippen molar-refractivity contribution in [3.8, 4) is 45.0 Å². The van der Waals surface area contributed by atoms with Crippen LogP contribution in [-0.4, -0.2) is 15.0 Å². The van der Waals surface area contributed by atoms with Gasteiger partial charge in [0, 0.05) is 11.1 Å². The lowest BCUT2D eigenvalue weighted by atomic mass is 9.70. The van der Waals surface area contributed by atoms with Crippen LogP contribution in [0.4, 0.5) is 0 Å². The lowest BCUT2D eigenvalue weighted by Crippen LogP contribution is -2.25. The third kappa shape index (κ3) is 2.77. The van der Waals surface area contributed by atoms with Gasteiger partial charge in [-0.15, -0.1) is 0 Å². The van der Waals surface area contributed by atoms with Crippen molar-refractivity contribution >= 4 is 11.6 Å². The summed E-state index contributed by atoms with van der Waals surface area (Å²) in [5, 5.41) is 0.184. The molecule has 38 heavy (non-hydrogen) atoms. The first-order chi connectivity index (χ1) is 18.8. The van der Waals surface area contributed by atoms with E-state index in [0.29, 0.717) is 11.6 Å². The fourth-order valence-corrected chi connectivity index (χ4v) is 6.68. The molecule has 1 aromatic heterocycles. The molecule has 2 aliphatic rings. The molecule has 0 unspecified atom stereocenters. The molecule has 0 bridgehead atoms. The molecular weight excluding hydrogens is 486 g/mol. The first-order valence-electron chi connectivity index (χ1n) is 12.7. The van der Waals surface area contributed by atoms with E-state index in [9.17, 15) is 0 Å². The minimum absolute atomic E-state index is 0.184. The average Bonchev–Trinajstić information content (AvgIpc) is 3.45. The smallest absolute Gasteiger partial charge is 0.208 e. The predicted octanol–water partition coefficient (Wildman–Crippen LogP) is 8.20. The minimum Gasteiger partial charge on any atom is -0.208 e. The fourth-order valence-electron chi connectivity index (χ4n) is 6.52. The molecule has 2 aliphatic carbocycles. The molecule has 0 amide bonds. The van der Waals surface area contributed by atoms with Crippen molar-refractivity contribution in [2.75, 3.05) is 0 Å². The molecule has 1 heterocycles. The minimum atomic E-state index is -0.409. The molecule has 4 heteroatoms. The molecule has 6 aromatic rings. The molecule has 8 rings (SSSR count).